The molecule has 0 saturated carbocycles. The summed E-state index contributed by atoms with van der Waals surface area (Å²) in [4.78, 5) is 0. The molecule has 0 bridgehead atoms. The van der Waals surface area contributed by atoms with Crippen molar-refractivity contribution in [2.45, 2.75) is 0 Å². The number of hydrogen-bond donors (Lipinski definition) is 0. The molecular formula is CrCuMnMo. The maximum atomic E-state index is 0. The van der Waals surface area contributed by atoms with Gasteiger partial charge in [0.2, 0.25) is 0 Å². The number of hydrogen-bond acceptors (Lipinski definition) is 0. The predicted octanol–water partition coefficient (Wildman–Crippen LogP) is -0.0100. The molecule has 0 aliphatic heterocycles. The summed E-state index contributed by atoms with van der Waals surface area (Å²) >= 11 is 0. The van der Waals surface area contributed by atoms with E-state index in [9.17, 15) is 0 Å². The molecule has 0 aromatic heterocycles. The Balaban J connectivity index is 0. The van der Waals surface area contributed by atoms with Crippen LogP contribution in [-0.4, -0.2) is 0 Å². The number of rotatable bonds is 0. The topological polar surface area (TPSA) is 0 Å². The van der Waals surface area contributed by atoms with Gasteiger partial charge in [-0.25, -0.2) is 0 Å². The van der Waals surface area contributed by atoms with E-state index in [1.165, 1.54) is 0 Å². The Morgan fingerprint density at radius 3 is 1.00 bits per heavy atom. The fourth-order valence-electron chi connectivity index (χ4n) is 0. The van der Waals surface area contributed by atoms with E-state index in [-0.39, 0.29) is 72.6 Å². The Bertz CT molecular complexity index is 8.00. The second-order valence-electron chi connectivity index (χ2n) is 0. The molecule has 0 amide bonds. The van der Waals surface area contributed by atoms with Crippen LogP contribution in [0.15, 0.2) is 0 Å². The first kappa shape index (κ1) is 33.9. The zero-order valence-corrected chi connectivity index (χ0v) is 6.90. The van der Waals surface area contributed by atoms with Crippen molar-refractivity contribution in [3.05, 3.63) is 0 Å². The molecule has 0 atom stereocenters. The average Bonchev–Trinajstić information content (AvgIpc) is 0. The molecule has 0 fully saturated rings. The first-order valence-electron chi connectivity index (χ1n) is 0. The van der Waals surface area contributed by atoms with Gasteiger partial charge in [0, 0.05) is 72.6 Å². The van der Waals surface area contributed by atoms with Crippen LogP contribution in [0.3, 0.4) is 0 Å². The van der Waals surface area contributed by atoms with E-state index >= 15 is 0 Å². The average molecular weight is 266 g/mol. The molecule has 30 valence electrons. The van der Waals surface area contributed by atoms with Crippen LogP contribution in [0.1, 0.15) is 0 Å². The molecule has 0 saturated heterocycles. The molecule has 0 rings (SSSR count). The van der Waals surface area contributed by atoms with Gasteiger partial charge in [0.1, 0.15) is 0 Å². The summed E-state index contributed by atoms with van der Waals surface area (Å²) < 4.78 is 0. The molecule has 0 N–H and O–H groups in total. The summed E-state index contributed by atoms with van der Waals surface area (Å²) in [7, 11) is 0. The normalized spacial score (nSPS) is 0. The second-order valence-corrected chi connectivity index (χ2v) is 0. The molecule has 0 aliphatic rings. The SMILES string of the molecule is [Cr].[Cu].[Mn].[Mo]. The van der Waals surface area contributed by atoms with E-state index < -0.39 is 0 Å². The largest absolute Gasteiger partial charge is 0 e. The van der Waals surface area contributed by atoms with E-state index in [2.05, 4.69) is 0 Å². The Morgan fingerprint density at radius 1 is 1.00 bits per heavy atom. The minimum absolute atomic E-state index is 0. The monoisotopic (exact) mass is 268 g/mol. The third-order valence-electron chi connectivity index (χ3n) is 0. The van der Waals surface area contributed by atoms with Gasteiger partial charge >= 0.3 is 0 Å². The van der Waals surface area contributed by atoms with Crippen LogP contribution in [0, 0.1) is 0 Å². The fraction of sp³-hybridized carbons (Fsp3) is 0. The molecule has 4 heavy (non-hydrogen) atoms. The molecule has 0 aromatic carbocycles. The van der Waals surface area contributed by atoms with E-state index in [4.69, 9.17) is 0 Å². The predicted molar refractivity (Wildman–Crippen MR) is 0 cm³/mol. The second kappa shape index (κ2) is 18.7. The van der Waals surface area contributed by atoms with Gasteiger partial charge in [-0.15, -0.1) is 0 Å². The van der Waals surface area contributed by atoms with Crippen molar-refractivity contribution in [1.82, 2.24) is 0 Å². The van der Waals surface area contributed by atoms with Crippen LogP contribution in [0.4, 0.5) is 0 Å². The molecule has 0 nitrogen and oxygen atoms in total. The third-order valence-corrected chi connectivity index (χ3v) is 0. The van der Waals surface area contributed by atoms with Gasteiger partial charge in [-0.1, -0.05) is 0 Å². The van der Waals surface area contributed by atoms with E-state index in [1.807, 2.05) is 0 Å². The fourth-order valence-corrected chi connectivity index (χ4v) is 0. The molecule has 4 heteroatoms. The summed E-state index contributed by atoms with van der Waals surface area (Å²) in [6, 6.07) is 0. The summed E-state index contributed by atoms with van der Waals surface area (Å²) in [6.07, 6.45) is 0. The van der Waals surface area contributed by atoms with Crippen molar-refractivity contribution in [3.63, 3.8) is 0 Å². The van der Waals surface area contributed by atoms with Gasteiger partial charge in [0.25, 0.3) is 0 Å². The van der Waals surface area contributed by atoms with Crippen LogP contribution >= 0.6 is 0 Å². The minimum Gasteiger partial charge on any atom is 0 e. The standard InChI is InChI=1S/Cr.Cu.Mn.Mo. The van der Waals surface area contributed by atoms with Gasteiger partial charge in [0.15, 0.2) is 0 Å². The minimum atomic E-state index is 0. The Kier molecular flexibility index (Phi) is 158. The van der Waals surface area contributed by atoms with Crippen molar-refractivity contribution >= 4 is 0 Å². The van der Waals surface area contributed by atoms with Crippen LogP contribution in [0.2, 0.25) is 0 Å². The van der Waals surface area contributed by atoms with Gasteiger partial charge in [-0.2, -0.15) is 0 Å². The summed E-state index contributed by atoms with van der Waals surface area (Å²) in [5, 5.41) is 0. The maximum Gasteiger partial charge on any atom is 0 e. The zero-order chi connectivity index (χ0) is 0. The molecule has 0 heterocycles. The van der Waals surface area contributed by atoms with Crippen molar-refractivity contribution in [3.8, 4) is 0 Å². The molecule has 0 unspecified atom stereocenters. The Labute approximate surface area is 71.8 Å². The molecule has 2 radical (unpaired) electrons. The first-order chi connectivity index (χ1) is 0. The van der Waals surface area contributed by atoms with Gasteiger partial charge in [0.05, 0.1) is 0 Å². The first-order valence-corrected chi connectivity index (χ1v) is 0. The summed E-state index contributed by atoms with van der Waals surface area (Å²) in [6.45, 7) is 0. The smallest absolute Gasteiger partial charge is 0 e. The van der Waals surface area contributed by atoms with Gasteiger partial charge in [-0.05, 0) is 0 Å². The molecule has 0 spiro atoms. The van der Waals surface area contributed by atoms with Crippen molar-refractivity contribution < 1.29 is 72.6 Å². The van der Waals surface area contributed by atoms with E-state index in [0.29, 0.717) is 0 Å². The maximum absolute atomic E-state index is 0. The Morgan fingerprint density at radius 2 is 1.00 bits per heavy atom. The van der Waals surface area contributed by atoms with Crippen LogP contribution in [0.5, 0.6) is 0 Å². The molecular weight excluding hydrogens is 266 g/mol. The van der Waals surface area contributed by atoms with Crippen molar-refractivity contribution in [2.75, 3.05) is 0 Å². The quantitative estimate of drug-likeness (QED) is 0.541. The van der Waals surface area contributed by atoms with Crippen molar-refractivity contribution in [2.24, 2.45) is 0 Å². The van der Waals surface area contributed by atoms with Gasteiger partial charge < -0.3 is 0 Å². The van der Waals surface area contributed by atoms with Gasteiger partial charge in [-0.3, -0.25) is 0 Å². The zero-order valence-electron chi connectivity index (χ0n) is 1.50. The van der Waals surface area contributed by atoms with Crippen LogP contribution in [0.25, 0.3) is 0 Å². The van der Waals surface area contributed by atoms with E-state index in [0.717, 1.165) is 0 Å². The summed E-state index contributed by atoms with van der Waals surface area (Å²) in [5.41, 5.74) is 0. The Hall–Kier alpha value is 2.26. The van der Waals surface area contributed by atoms with Crippen LogP contribution < -0.4 is 0 Å². The van der Waals surface area contributed by atoms with Crippen LogP contribution in [-0.2, 0) is 72.6 Å². The molecule has 0 aromatic rings. The van der Waals surface area contributed by atoms with Crippen molar-refractivity contribution in [1.29, 1.82) is 0 Å². The summed E-state index contributed by atoms with van der Waals surface area (Å²) in [5.74, 6) is 0. The third kappa shape index (κ3) is 8.86. The molecule has 0 aliphatic carbocycles. The van der Waals surface area contributed by atoms with E-state index in [1.54, 1.807) is 0 Å².